The van der Waals surface area contributed by atoms with Gasteiger partial charge in [0, 0.05) is 27.9 Å². The Kier molecular flexibility index (Phi) is 3.99. The number of benzene rings is 3. The smallest absolute Gasteiger partial charge is 0.254 e. The molecule has 0 amide bonds. The summed E-state index contributed by atoms with van der Waals surface area (Å²) >= 11 is 0. The fourth-order valence-corrected chi connectivity index (χ4v) is 4.17. The molecule has 0 spiro atoms. The Bertz CT molecular complexity index is 1250. The minimum absolute atomic E-state index is 0.224. The van der Waals surface area contributed by atoms with Crippen LogP contribution in [0.25, 0.3) is 32.7 Å². The molecule has 5 aromatic rings. The van der Waals surface area contributed by atoms with Crippen LogP contribution in [0.4, 0.5) is 0 Å². The minimum Gasteiger partial charge on any atom is -0.502 e. The van der Waals surface area contributed by atoms with Gasteiger partial charge in [0.1, 0.15) is 6.10 Å². The van der Waals surface area contributed by atoms with Crippen LogP contribution >= 0.6 is 0 Å². The summed E-state index contributed by atoms with van der Waals surface area (Å²) in [5, 5.41) is 24.6. The number of aromatic nitrogens is 2. The van der Waals surface area contributed by atoms with Crippen molar-refractivity contribution in [2.45, 2.75) is 19.2 Å². The van der Waals surface area contributed by atoms with Gasteiger partial charge in [0.15, 0.2) is 18.5 Å². The third-order valence-electron chi connectivity index (χ3n) is 5.36. The van der Waals surface area contributed by atoms with Crippen LogP contribution in [0.15, 0.2) is 85.1 Å². The molecule has 0 saturated heterocycles. The molecule has 4 heteroatoms. The second kappa shape index (κ2) is 6.66. The van der Waals surface area contributed by atoms with Crippen LogP contribution in [0.3, 0.4) is 0 Å². The molecule has 0 fully saturated rings. The zero-order valence-corrected chi connectivity index (χ0v) is 15.4. The number of phenolic OH excluding ortho intramolecular Hbond substituents is 1. The number of aliphatic hydroxyl groups is 1. The van der Waals surface area contributed by atoms with Gasteiger partial charge in [0.25, 0.3) is 5.52 Å². The number of rotatable bonds is 4. The minimum atomic E-state index is -0.602. The van der Waals surface area contributed by atoms with E-state index in [1.165, 1.54) is 10.8 Å². The molecule has 0 aliphatic carbocycles. The molecule has 2 N–H and O–H groups in total. The molecule has 1 atom stereocenters. The van der Waals surface area contributed by atoms with Crippen LogP contribution in [-0.4, -0.2) is 20.9 Å². The van der Waals surface area contributed by atoms with E-state index in [1.54, 1.807) is 6.07 Å². The van der Waals surface area contributed by atoms with Crippen molar-refractivity contribution in [3.05, 3.63) is 85.1 Å². The number of hydrogen-bond acceptors (Lipinski definition) is 2. The maximum Gasteiger partial charge on any atom is 0.254 e. The monoisotopic (exact) mass is 369 g/mol. The first-order valence-corrected chi connectivity index (χ1v) is 9.46. The Morgan fingerprint density at radius 1 is 0.786 bits per heavy atom. The van der Waals surface area contributed by atoms with Crippen molar-refractivity contribution in [2.75, 3.05) is 0 Å². The molecule has 28 heavy (non-hydrogen) atoms. The van der Waals surface area contributed by atoms with Gasteiger partial charge in [0.05, 0.1) is 11.9 Å². The van der Waals surface area contributed by atoms with Gasteiger partial charge < -0.3 is 14.8 Å². The van der Waals surface area contributed by atoms with Crippen molar-refractivity contribution >= 4 is 32.7 Å². The predicted octanol–water partition coefficient (Wildman–Crippen LogP) is 4.00. The van der Waals surface area contributed by atoms with Crippen molar-refractivity contribution in [1.29, 1.82) is 0 Å². The quantitative estimate of drug-likeness (QED) is 0.471. The molecule has 2 aromatic heterocycles. The maximum atomic E-state index is 10.9. The number of fused-ring (bicyclic) bond motifs is 4. The van der Waals surface area contributed by atoms with E-state index in [-0.39, 0.29) is 5.75 Å². The maximum absolute atomic E-state index is 10.9. The summed E-state index contributed by atoms with van der Waals surface area (Å²) in [6.07, 6.45) is 1.30. The summed E-state index contributed by atoms with van der Waals surface area (Å²) < 4.78 is 4.10. The fourth-order valence-electron chi connectivity index (χ4n) is 4.17. The highest BCUT2D eigenvalue weighted by molar-refractivity contribution is 6.07. The van der Waals surface area contributed by atoms with Gasteiger partial charge in [-0.2, -0.15) is 4.57 Å². The SMILES string of the molecule is Oc1cccc2ccc[n+](C[C@@H](O)Cn3c4ccccc4c4ccccc43)c12. The van der Waals surface area contributed by atoms with Gasteiger partial charge >= 0.3 is 0 Å². The van der Waals surface area contributed by atoms with E-state index in [4.69, 9.17) is 0 Å². The van der Waals surface area contributed by atoms with Crippen LogP contribution in [0, 0.1) is 0 Å². The first-order valence-electron chi connectivity index (χ1n) is 9.46. The molecule has 2 heterocycles. The zero-order chi connectivity index (χ0) is 19.1. The van der Waals surface area contributed by atoms with Gasteiger partial charge in [-0.1, -0.05) is 42.5 Å². The van der Waals surface area contributed by atoms with Crippen LogP contribution in [-0.2, 0) is 13.1 Å². The summed E-state index contributed by atoms with van der Waals surface area (Å²) in [4.78, 5) is 0. The molecular formula is C24H21N2O2+. The Hall–Kier alpha value is -3.37. The summed E-state index contributed by atoms with van der Waals surface area (Å²) in [6, 6.07) is 26.0. The van der Waals surface area contributed by atoms with Crippen molar-refractivity contribution in [3.8, 4) is 5.75 Å². The predicted molar refractivity (Wildman–Crippen MR) is 111 cm³/mol. The van der Waals surface area contributed by atoms with Crippen molar-refractivity contribution in [1.82, 2.24) is 4.57 Å². The molecule has 0 aliphatic heterocycles. The molecule has 138 valence electrons. The second-order valence-electron chi connectivity index (χ2n) is 7.17. The third-order valence-corrected chi connectivity index (χ3v) is 5.36. The highest BCUT2D eigenvalue weighted by Crippen LogP contribution is 2.29. The van der Waals surface area contributed by atoms with E-state index < -0.39 is 6.10 Å². The molecule has 0 saturated carbocycles. The number of phenols is 1. The van der Waals surface area contributed by atoms with Crippen LogP contribution < -0.4 is 4.57 Å². The van der Waals surface area contributed by atoms with Gasteiger partial charge in [-0.15, -0.1) is 0 Å². The van der Waals surface area contributed by atoms with E-state index in [2.05, 4.69) is 28.8 Å². The largest absolute Gasteiger partial charge is 0.502 e. The Morgan fingerprint density at radius 3 is 2.14 bits per heavy atom. The number of aliphatic hydroxyl groups excluding tert-OH is 1. The molecule has 0 aliphatic rings. The molecule has 0 radical (unpaired) electrons. The Labute approximate surface area is 162 Å². The zero-order valence-electron chi connectivity index (χ0n) is 15.4. The summed E-state index contributed by atoms with van der Waals surface area (Å²) in [5.74, 6) is 0.224. The average Bonchev–Trinajstić information content (AvgIpc) is 3.02. The summed E-state index contributed by atoms with van der Waals surface area (Å²) in [5.41, 5.74) is 2.98. The lowest BCUT2D eigenvalue weighted by Gasteiger charge is -2.12. The number of nitrogens with zero attached hydrogens (tertiary/aromatic N) is 2. The number of pyridine rings is 1. The lowest BCUT2D eigenvalue weighted by molar-refractivity contribution is -0.679. The van der Waals surface area contributed by atoms with Crippen LogP contribution in [0.5, 0.6) is 5.75 Å². The molecule has 5 rings (SSSR count). The van der Waals surface area contributed by atoms with Gasteiger partial charge in [-0.3, -0.25) is 0 Å². The van der Waals surface area contributed by atoms with E-state index in [1.807, 2.05) is 59.3 Å². The summed E-state index contributed by atoms with van der Waals surface area (Å²) in [7, 11) is 0. The van der Waals surface area contributed by atoms with Crippen LogP contribution in [0.2, 0.25) is 0 Å². The molecular weight excluding hydrogens is 348 g/mol. The lowest BCUT2D eigenvalue weighted by Crippen LogP contribution is -2.41. The third kappa shape index (κ3) is 2.70. The Balaban J connectivity index is 1.54. The average molecular weight is 369 g/mol. The fraction of sp³-hybridized carbons (Fsp3) is 0.125. The van der Waals surface area contributed by atoms with Gasteiger partial charge in [-0.05, 0) is 30.3 Å². The number of hydrogen-bond donors (Lipinski definition) is 2. The first-order chi connectivity index (χ1) is 13.7. The van der Waals surface area contributed by atoms with Crippen LogP contribution in [0.1, 0.15) is 0 Å². The highest BCUT2D eigenvalue weighted by Gasteiger charge is 2.19. The molecule has 4 nitrogen and oxygen atoms in total. The van der Waals surface area contributed by atoms with Crippen molar-refractivity contribution in [2.24, 2.45) is 0 Å². The molecule has 3 aromatic carbocycles. The highest BCUT2D eigenvalue weighted by atomic mass is 16.3. The van der Waals surface area contributed by atoms with Crippen molar-refractivity contribution < 1.29 is 14.8 Å². The summed E-state index contributed by atoms with van der Waals surface area (Å²) in [6.45, 7) is 0.876. The first kappa shape index (κ1) is 16.8. The number of para-hydroxylation sites is 3. The normalized spacial score (nSPS) is 12.8. The molecule has 0 bridgehead atoms. The van der Waals surface area contributed by atoms with Crippen molar-refractivity contribution in [3.63, 3.8) is 0 Å². The second-order valence-corrected chi connectivity index (χ2v) is 7.17. The Morgan fingerprint density at radius 2 is 1.43 bits per heavy atom. The van der Waals surface area contributed by atoms with E-state index >= 15 is 0 Å². The van der Waals surface area contributed by atoms with Gasteiger partial charge in [-0.25, -0.2) is 0 Å². The van der Waals surface area contributed by atoms with E-state index in [0.29, 0.717) is 13.1 Å². The van der Waals surface area contributed by atoms with E-state index in [0.717, 1.165) is 21.9 Å². The lowest BCUT2D eigenvalue weighted by atomic mass is 10.2. The van der Waals surface area contributed by atoms with E-state index in [9.17, 15) is 10.2 Å². The topological polar surface area (TPSA) is 49.3 Å². The standard InChI is InChI=1S/C24H20N2O2/c27-18(15-25-14-6-8-17-7-5-13-23(28)24(17)25)16-26-21-11-3-1-9-19(21)20-10-2-4-12-22(20)26/h1-14,18,27H,15-16H2/p+1/t18-/m1/s1. The molecule has 0 unspecified atom stereocenters. The van der Waals surface area contributed by atoms with Gasteiger partial charge in [0.2, 0.25) is 0 Å². The number of aromatic hydroxyl groups is 1.